The lowest BCUT2D eigenvalue weighted by molar-refractivity contribution is 0.0971. The van der Waals surface area contributed by atoms with Gasteiger partial charge in [0.2, 0.25) is 11.5 Å². The van der Waals surface area contributed by atoms with E-state index in [4.69, 9.17) is 0 Å². The lowest BCUT2D eigenvalue weighted by atomic mass is 10.0. The summed E-state index contributed by atoms with van der Waals surface area (Å²) < 4.78 is 0. The van der Waals surface area contributed by atoms with Gasteiger partial charge in [0.15, 0.2) is 17.3 Å². The fraction of sp³-hybridized carbons (Fsp3) is 0. The molecule has 0 aromatic heterocycles. The van der Waals surface area contributed by atoms with Gasteiger partial charge in [-0.2, -0.15) is 0 Å². The van der Waals surface area contributed by atoms with Crippen LogP contribution in [0.5, 0.6) is 11.5 Å². The Kier molecular flexibility index (Phi) is 3.61. The van der Waals surface area contributed by atoms with Crippen molar-refractivity contribution in [3.05, 3.63) is 65.4 Å². The number of phenolic OH excluding ortho intramolecular Hbond substituents is 2. The second-order valence-electron chi connectivity index (χ2n) is 4.07. The number of allylic oxidation sites excluding steroid dienone is 1. The van der Waals surface area contributed by atoms with E-state index < -0.39 is 28.8 Å². The van der Waals surface area contributed by atoms with Gasteiger partial charge in [-0.05, 0) is 12.1 Å². The summed E-state index contributed by atoms with van der Waals surface area (Å²) in [5.41, 5.74) is -0.0389. The zero-order chi connectivity index (χ0) is 14.7. The molecule has 4 N–H and O–H groups in total. The first kappa shape index (κ1) is 13.5. The molecule has 0 saturated heterocycles. The predicted molar refractivity (Wildman–Crippen MR) is 72.7 cm³/mol. The number of phenols is 2. The van der Waals surface area contributed by atoms with Crippen molar-refractivity contribution in [3.63, 3.8) is 0 Å². The van der Waals surface area contributed by atoms with Gasteiger partial charge >= 0.3 is 0 Å². The molecule has 0 unspecified atom stereocenters. The minimum Gasteiger partial charge on any atom is -0.504 e. The number of aromatic hydroxyl groups is 2. The van der Waals surface area contributed by atoms with Gasteiger partial charge in [-0.3, -0.25) is 4.79 Å². The van der Waals surface area contributed by atoms with Gasteiger partial charge in [-0.1, -0.05) is 36.4 Å². The van der Waals surface area contributed by atoms with E-state index in [1.807, 2.05) is 0 Å². The maximum Gasteiger partial charge on any atom is 0.235 e. The third-order valence-electron chi connectivity index (χ3n) is 2.75. The van der Waals surface area contributed by atoms with E-state index in [1.165, 1.54) is 30.3 Å². The summed E-state index contributed by atoms with van der Waals surface area (Å²) in [6, 6.07) is 11.8. The molecule has 0 heterocycles. The summed E-state index contributed by atoms with van der Waals surface area (Å²) in [5.74, 6) is -3.62. The molecule has 5 nitrogen and oxygen atoms in total. The molecule has 0 fully saturated rings. The number of rotatable bonds is 3. The van der Waals surface area contributed by atoms with Crippen LogP contribution in [0, 0.1) is 0 Å². The highest BCUT2D eigenvalue weighted by Gasteiger charge is 2.21. The lowest BCUT2D eigenvalue weighted by Crippen LogP contribution is -2.06. The fourth-order valence-electron chi connectivity index (χ4n) is 1.68. The van der Waals surface area contributed by atoms with E-state index >= 15 is 0 Å². The number of hydrogen-bond acceptors (Lipinski definition) is 5. The van der Waals surface area contributed by atoms with Gasteiger partial charge in [-0.25, -0.2) is 0 Å². The first-order chi connectivity index (χ1) is 9.52. The average Bonchev–Trinajstić information content (AvgIpc) is 2.48. The highest BCUT2D eigenvalue weighted by molar-refractivity contribution is 6.12. The number of carbonyl (C=O) groups is 1. The van der Waals surface area contributed by atoms with E-state index in [1.54, 1.807) is 18.2 Å². The number of benzene rings is 2. The zero-order valence-electron chi connectivity index (χ0n) is 10.3. The summed E-state index contributed by atoms with van der Waals surface area (Å²) in [4.78, 5) is 12.0. The van der Waals surface area contributed by atoms with E-state index in [0.717, 1.165) is 0 Å². The largest absolute Gasteiger partial charge is 0.504 e. The van der Waals surface area contributed by atoms with Crippen molar-refractivity contribution in [2.75, 3.05) is 0 Å². The standard InChI is InChI=1S/C15H12O5/c16-11-8-4-7-10(13(11)18)14(19)15(20)12(17)9-5-2-1-3-6-9/h1-8,16-18,20H. The smallest absolute Gasteiger partial charge is 0.235 e. The Hall–Kier alpha value is -2.95. The molecule has 2 aromatic rings. The molecule has 0 amide bonds. The number of carbonyl (C=O) groups excluding carboxylic acids is 1. The average molecular weight is 272 g/mol. The van der Waals surface area contributed by atoms with Gasteiger partial charge in [0.1, 0.15) is 0 Å². The van der Waals surface area contributed by atoms with E-state index in [2.05, 4.69) is 0 Å². The number of ketones is 1. The molecule has 0 atom stereocenters. The molecule has 0 aliphatic heterocycles. The number of aliphatic hydroxyl groups excluding tert-OH is 2. The third kappa shape index (κ3) is 2.42. The molecule has 20 heavy (non-hydrogen) atoms. The maximum absolute atomic E-state index is 12.0. The second-order valence-corrected chi connectivity index (χ2v) is 4.07. The molecule has 0 radical (unpaired) electrons. The molecule has 0 aliphatic rings. The Morgan fingerprint density at radius 3 is 2.15 bits per heavy atom. The highest BCUT2D eigenvalue weighted by atomic mass is 16.3. The van der Waals surface area contributed by atoms with E-state index in [-0.39, 0.29) is 11.1 Å². The van der Waals surface area contributed by atoms with Crippen molar-refractivity contribution in [2.24, 2.45) is 0 Å². The van der Waals surface area contributed by atoms with Crippen LogP contribution in [0.25, 0.3) is 5.76 Å². The van der Waals surface area contributed by atoms with Gasteiger partial charge in [0, 0.05) is 5.56 Å². The van der Waals surface area contributed by atoms with Crippen molar-refractivity contribution >= 4 is 11.5 Å². The highest BCUT2D eigenvalue weighted by Crippen LogP contribution is 2.30. The molecular weight excluding hydrogens is 260 g/mol. The van der Waals surface area contributed by atoms with Crippen molar-refractivity contribution < 1.29 is 25.2 Å². The number of hydrogen-bond donors (Lipinski definition) is 4. The molecule has 0 bridgehead atoms. The Balaban J connectivity index is 2.45. The van der Waals surface area contributed by atoms with Gasteiger partial charge < -0.3 is 20.4 Å². The summed E-state index contributed by atoms with van der Waals surface area (Å²) >= 11 is 0. The third-order valence-corrected chi connectivity index (χ3v) is 2.75. The molecule has 0 saturated carbocycles. The molecule has 102 valence electrons. The van der Waals surface area contributed by atoms with Crippen LogP contribution in [-0.2, 0) is 0 Å². The quantitative estimate of drug-likeness (QED) is 0.298. The Morgan fingerprint density at radius 1 is 0.850 bits per heavy atom. The van der Waals surface area contributed by atoms with Crippen LogP contribution in [0.2, 0.25) is 0 Å². The molecule has 5 heteroatoms. The van der Waals surface area contributed by atoms with Crippen LogP contribution in [0.4, 0.5) is 0 Å². The molecule has 0 aliphatic carbocycles. The van der Waals surface area contributed by atoms with Gasteiger partial charge in [0.25, 0.3) is 0 Å². The number of para-hydroxylation sites is 1. The summed E-state index contributed by atoms with van der Waals surface area (Å²) in [5, 5.41) is 38.5. The van der Waals surface area contributed by atoms with Crippen molar-refractivity contribution in [1.29, 1.82) is 0 Å². The van der Waals surface area contributed by atoms with Crippen LogP contribution in [-0.4, -0.2) is 26.2 Å². The predicted octanol–water partition coefficient (Wildman–Crippen LogP) is 2.77. The normalized spacial score (nSPS) is 11.8. The van der Waals surface area contributed by atoms with E-state index in [0.29, 0.717) is 0 Å². The first-order valence-electron chi connectivity index (χ1n) is 5.75. The summed E-state index contributed by atoms with van der Waals surface area (Å²) in [7, 11) is 0. The van der Waals surface area contributed by atoms with Crippen molar-refractivity contribution in [1.82, 2.24) is 0 Å². The van der Waals surface area contributed by atoms with Crippen LogP contribution < -0.4 is 0 Å². The minimum absolute atomic E-state index is 0.262. The minimum atomic E-state index is -0.986. The summed E-state index contributed by atoms with van der Waals surface area (Å²) in [6.45, 7) is 0. The van der Waals surface area contributed by atoms with Crippen LogP contribution in [0.3, 0.4) is 0 Å². The Labute approximate surface area is 114 Å². The number of Topliss-reactive ketones (excluding diaryl/α,β-unsaturated/α-hetero) is 1. The van der Waals surface area contributed by atoms with Crippen molar-refractivity contribution in [3.8, 4) is 11.5 Å². The number of aliphatic hydroxyl groups is 2. The fourth-order valence-corrected chi connectivity index (χ4v) is 1.68. The van der Waals surface area contributed by atoms with Gasteiger partial charge in [-0.15, -0.1) is 0 Å². The zero-order valence-corrected chi connectivity index (χ0v) is 10.3. The molecule has 2 aromatic carbocycles. The van der Waals surface area contributed by atoms with Gasteiger partial charge in [0.05, 0.1) is 5.56 Å². The van der Waals surface area contributed by atoms with Crippen LogP contribution in [0.1, 0.15) is 15.9 Å². The molecule has 2 rings (SSSR count). The molecule has 0 spiro atoms. The second kappa shape index (κ2) is 5.36. The molecular formula is C15H12O5. The first-order valence-corrected chi connectivity index (χ1v) is 5.75. The maximum atomic E-state index is 12.0. The Morgan fingerprint density at radius 2 is 1.50 bits per heavy atom. The van der Waals surface area contributed by atoms with E-state index in [9.17, 15) is 25.2 Å². The van der Waals surface area contributed by atoms with Crippen LogP contribution in [0.15, 0.2) is 54.3 Å². The summed E-state index contributed by atoms with van der Waals surface area (Å²) in [6.07, 6.45) is 0. The SMILES string of the molecule is O=C(C(O)=C(O)c1ccccc1)c1cccc(O)c1O. The topological polar surface area (TPSA) is 98.0 Å². The Bertz CT molecular complexity index is 674. The monoisotopic (exact) mass is 272 g/mol. The van der Waals surface area contributed by atoms with Crippen LogP contribution >= 0.6 is 0 Å². The lowest BCUT2D eigenvalue weighted by Gasteiger charge is -2.07. The van der Waals surface area contributed by atoms with Crippen molar-refractivity contribution in [2.45, 2.75) is 0 Å².